The first kappa shape index (κ1) is 17.9. The Labute approximate surface area is 153 Å². The van der Waals surface area contributed by atoms with Crippen molar-refractivity contribution in [1.29, 1.82) is 5.26 Å². The topological polar surface area (TPSA) is 68.6 Å². The average Bonchev–Trinajstić information content (AvgIpc) is 2.69. The molecular formula is C20H22N4O2. The van der Waals surface area contributed by atoms with E-state index in [-0.39, 0.29) is 0 Å². The molecule has 0 bridgehead atoms. The fourth-order valence-electron chi connectivity index (χ4n) is 2.94. The molecule has 0 saturated carbocycles. The van der Waals surface area contributed by atoms with E-state index in [0.717, 1.165) is 31.7 Å². The summed E-state index contributed by atoms with van der Waals surface area (Å²) in [6.45, 7) is 3.48. The summed E-state index contributed by atoms with van der Waals surface area (Å²) in [4.78, 5) is 15.5. The number of carbonyl (C=O) groups excluding carboxylic acids is 1. The number of amides is 1. The van der Waals surface area contributed by atoms with E-state index in [0.29, 0.717) is 29.6 Å². The first-order valence-electron chi connectivity index (χ1n) is 8.60. The van der Waals surface area contributed by atoms with Crippen molar-refractivity contribution in [2.75, 3.05) is 38.1 Å². The van der Waals surface area contributed by atoms with Crippen LogP contribution in [0.2, 0.25) is 0 Å². The average molecular weight is 350 g/mol. The summed E-state index contributed by atoms with van der Waals surface area (Å²) in [7, 11) is 2.09. The van der Waals surface area contributed by atoms with E-state index in [1.165, 1.54) is 0 Å². The molecule has 0 spiro atoms. The van der Waals surface area contributed by atoms with Gasteiger partial charge in [-0.15, -0.1) is 0 Å². The van der Waals surface area contributed by atoms with E-state index in [1.54, 1.807) is 29.2 Å². The lowest BCUT2D eigenvalue weighted by molar-refractivity contribution is -0.107. The minimum atomic E-state index is 0.295. The predicted octanol–water partition coefficient (Wildman–Crippen LogP) is 2.22. The molecule has 2 aromatic rings. The number of carbonyl (C=O) groups is 1. The van der Waals surface area contributed by atoms with Gasteiger partial charge in [0.15, 0.2) is 0 Å². The lowest BCUT2D eigenvalue weighted by atomic mass is 10.2. The highest BCUT2D eigenvalue weighted by Gasteiger charge is 2.21. The highest BCUT2D eigenvalue weighted by molar-refractivity contribution is 5.75. The lowest BCUT2D eigenvalue weighted by Crippen LogP contribution is -2.54. The van der Waals surface area contributed by atoms with Crippen LogP contribution in [0.5, 0.6) is 11.5 Å². The van der Waals surface area contributed by atoms with E-state index in [2.05, 4.69) is 23.3 Å². The van der Waals surface area contributed by atoms with Gasteiger partial charge in [0, 0.05) is 37.9 Å². The number of nitrogens with zero attached hydrogens (tertiary/aromatic N) is 3. The standard InChI is InChI=1S/C20H22N4O2/c1-23-11-10-22-13-18(23)14-24(15-25)17-4-8-20(9-5-17)26-19-6-2-16(12-21)3-7-19/h2-9,15,18,22H,10-11,13-14H2,1H3. The zero-order valence-corrected chi connectivity index (χ0v) is 14.8. The quantitative estimate of drug-likeness (QED) is 0.809. The van der Waals surface area contributed by atoms with E-state index in [9.17, 15) is 4.79 Å². The fourth-order valence-corrected chi connectivity index (χ4v) is 2.94. The van der Waals surface area contributed by atoms with Crippen molar-refractivity contribution in [2.45, 2.75) is 6.04 Å². The van der Waals surface area contributed by atoms with E-state index < -0.39 is 0 Å². The molecule has 1 saturated heterocycles. The smallest absolute Gasteiger partial charge is 0.214 e. The van der Waals surface area contributed by atoms with Crippen LogP contribution < -0.4 is 15.0 Å². The zero-order chi connectivity index (χ0) is 18.4. The summed E-state index contributed by atoms with van der Waals surface area (Å²) >= 11 is 0. The molecule has 2 aromatic carbocycles. The second-order valence-electron chi connectivity index (χ2n) is 6.33. The van der Waals surface area contributed by atoms with Gasteiger partial charge in [-0.05, 0) is 55.6 Å². The van der Waals surface area contributed by atoms with Crippen LogP contribution in [0.15, 0.2) is 48.5 Å². The van der Waals surface area contributed by atoms with Crippen LogP contribution in [0.1, 0.15) is 5.56 Å². The van der Waals surface area contributed by atoms with Crippen LogP contribution in [-0.2, 0) is 4.79 Å². The molecular weight excluding hydrogens is 328 g/mol. The third-order valence-corrected chi connectivity index (χ3v) is 4.57. The van der Waals surface area contributed by atoms with Gasteiger partial charge in [0.2, 0.25) is 6.41 Å². The third-order valence-electron chi connectivity index (χ3n) is 4.57. The molecule has 1 amide bonds. The number of piperazine rings is 1. The number of hydrogen-bond acceptors (Lipinski definition) is 5. The van der Waals surface area contributed by atoms with Crippen molar-refractivity contribution in [3.63, 3.8) is 0 Å². The Hall–Kier alpha value is -2.88. The SMILES string of the molecule is CN1CCNCC1CN(C=O)c1ccc(Oc2ccc(C#N)cc2)cc1. The molecule has 0 radical (unpaired) electrons. The van der Waals surface area contributed by atoms with Crippen LogP contribution >= 0.6 is 0 Å². The van der Waals surface area contributed by atoms with Gasteiger partial charge in [-0.3, -0.25) is 9.69 Å². The second-order valence-corrected chi connectivity index (χ2v) is 6.33. The summed E-state index contributed by atoms with van der Waals surface area (Å²) in [6.07, 6.45) is 0.874. The van der Waals surface area contributed by atoms with Crippen LogP contribution in [0.3, 0.4) is 0 Å². The summed E-state index contributed by atoms with van der Waals surface area (Å²) < 4.78 is 5.78. The Morgan fingerprint density at radius 2 is 1.88 bits per heavy atom. The van der Waals surface area contributed by atoms with Crippen LogP contribution in [0, 0.1) is 11.3 Å². The number of ether oxygens (including phenoxy) is 1. The van der Waals surface area contributed by atoms with Gasteiger partial charge >= 0.3 is 0 Å². The lowest BCUT2D eigenvalue weighted by Gasteiger charge is -2.35. The molecule has 1 aliphatic rings. The molecule has 0 aliphatic carbocycles. The fraction of sp³-hybridized carbons (Fsp3) is 0.300. The number of nitriles is 1. The molecule has 1 N–H and O–H groups in total. The maximum Gasteiger partial charge on any atom is 0.214 e. The maximum atomic E-state index is 11.6. The van der Waals surface area contributed by atoms with Gasteiger partial charge in [0.1, 0.15) is 11.5 Å². The van der Waals surface area contributed by atoms with Crippen molar-refractivity contribution in [3.8, 4) is 17.6 Å². The monoisotopic (exact) mass is 350 g/mol. The van der Waals surface area contributed by atoms with Crippen molar-refractivity contribution in [1.82, 2.24) is 10.2 Å². The number of rotatable bonds is 6. The van der Waals surface area contributed by atoms with Gasteiger partial charge < -0.3 is 15.0 Å². The molecule has 3 rings (SSSR count). The van der Waals surface area contributed by atoms with Gasteiger partial charge in [0.25, 0.3) is 0 Å². The molecule has 1 fully saturated rings. The van der Waals surface area contributed by atoms with Gasteiger partial charge in [-0.25, -0.2) is 0 Å². The summed E-state index contributed by atoms with van der Waals surface area (Å²) in [5, 5.41) is 12.2. The highest BCUT2D eigenvalue weighted by Crippen LogP contribution is 2.24. The van der Waals surface area contributed by atoms with Gasteiger partial charge in [-0.2, -0.15) is 5.26 Å². The molecule has 26 heavy (non-hydrogen) atoms. The second kappa shape index (κ2) is 8.48. The minimum absolute atomic E-state index is 0.295. The maximum absolute atomic E-state index is 11.6. The number of nitrogens with one attached hydrogen (secondary N) is 1. The Morgan fingerprint density at radius 3 is 2.46 bits per heavy atom. The van der Waals surface area contributed by atoms with Gasteiger partial charge in [0.05, 0.1) is 11.6 Å². The molecule has 1 heterocycles. The Morgan fingerprint density at radius 1 is 1.23 bits per heavy atom. The van der Waals surface area contributed by atoms with Crippen LogP contribution in [0.25, 0.3) is 0 Å². The van der Waals surface area contributed by atoms with E-state index in [1.807, 2.05) is 24.3 Å². The molecule has 6 heteroatoms. The van der Waals surface area contributed by atoms with Crippen molar-refractivity contribution < 1.29 is 9.53 Å². The Bertz CT molecular complexity index is 768. The number of benzene rings is 2. The molecule has 1 unspecified atom stereocenters. The van der Waals surface area contributed by atoms with Crippen LogP contribution in [-0.4, -0.2) is 50.6 Å². The van der Waals surface area contributed by atoms with Crippen molar-refractivity contribution in [2.24, 2.45) is 0 Å². The molecule has 134 valence electrons. The van der Waals surface area contributed by atoms with E-state index >= 15 is 0 Å². The predicted molar refractivity (Wildman–Crippen MR) is 100 cm³/mol. The van der Waals surface area contributed by atoms with Crippen LogP contribution in [0.4, 0.5) is 5.69 Å². The third kappa shape index (κ3) is 4.39. The van der Waals surface area contributed by atoms with E-state index in [4.69, 9.17) is 10.00 Å². The molecule has 1 aliphatic heterocycles. The minimum Gasteiger partial charge on any atom is -0.457 e. The first-order chi connectivity index (χ1) is 12.7. The largest absolute Gasteiger partial charge is 0.457 e. The molecule has 1 atom stereocenters. The normalized spacial score (nSPS) is 17.3. The first-order valence-corrected chi connectivity index (χ1v) is 8.60. The Balaban J connectivity index is 1.65. The summed E-state index contributed by atoms with van der Waals surface area (Å²) in [5.41, 5.74) is 1.43. The number of anilines is 1. The van der Waals surface area contributed by atoms with Gasteiger partial charge in [-0.1, -0.05) is 0 Å². The Kier molecular flexibility index (Phi) is 5.84. The molecule has 6 nitrogen and oxygen atoms in total. The summed E-state index contributed by atoms with van der Waals surface area (Å²) in [6, 6.07) is 16.8. The van der Waals surface area contributed by atoms with Crippen molar-refractivity contribution in [3.05, 3.63) is 54.1 Å². The zero-order valence-electron chi connectivity index (χ0n) is 14.8. The highest BCUT2D eigenvalue weighted by atomic mass is 16.5. The number of likely N-dealkylation sites (N-methyl/N-ethyl adjacent to an activating group) is 1. The summed E-state index contributed by atoms with van der Waals surface area (Å²) in [5.74, 6) is 1.35. The number of hydrogen-bond donors (Lipinski definition) is 1. The molecule has 0 aromatic heterocycles. The van der Waals surface area contributed by atoms with Crippen molar-refractivity contribution >= 4 is 12.1 Å².